The molecule has 1 aromatic carbocycles. The van der Waals surface area contributed by atoms with Crippen LogP contribution in [0.4, 0.5) is 10.3 Å². The van der Waals surface area contributed by atoms with Gasteiger partial charge in [-0.25, -0.2) is 4.39 Å². The van der Waals surface area contributed by atoms with Gasteiger partial charge < -0.3 is 15.0 Å². The fourth-order valence-electron chi connectivity index (χ4n) is 1.50. The molecule has 0 fully saturated rings. The van der Waals surface area contributed by atoms with E-state index in [-0.39, 0.29) is 11.7 Å². The Labute approximate surface area is 91.8 Å². The third-order valence-corrected chi connectivity index (χ3v) is 2.35. The van der Waals surface area contributed by atoms with Gasteiger partial charge in [0, 0.05) is 5.56 Å². The molecule has 2 rings (SSSR count). The SMILES string of the molecule is COc1cc(C)c(F)c(-c2cnoc2N)c1. The molecule has 4 nitrogen and oxygen atoms in total. The van der Waals surface area contributed by atoms with E-state index in [0.29, 0.717) is 22.4 Å². The fraction of sp³-hybridized carbons (Fsp3) is 0.182. The highest BCUT2D eigenvalue weighted by atomic mass is 19.1. The van der Waals surface area contributed by atoms with Gasteiger partial charge in [-0.1, -0.05) is 5.16 Å². The summed E-state index contributed by atoms with van der Waals surface area (Å²) in [7, 11) is 1.52. The van der Waals surface area contributed by atoms with Gasteiger partial charge in [-0.3, -0.25) is 0 Å². The number of nitrogen functional groups attached to an aromatic ring is 1. The van der Waals surface area contributed by atoms with E-state index in [1.165, 1.54) is 13.3 Å². The van der Waals surface area contributed by atoms with Crippen LogP contribution in [-0.2, 0) is 0 Å². The maximum absolute atomic E-state index is 13.9. The number of aromatic nitrogens is 1. The summed E-state index contributed by atoms with van der Waals surface area (Å²) in [6, 6.07) is 3.17. The maximum atomic E-state index is 13.9. The highest BCUT2D eigenvalue weighted by Gasteiger charge is 2.15. The molecule has 2 aromatic rings. The second-order valence-electron chi connectivity index (χ2n) is 3.41. The van der Waals surface area contributed by atoms with Crippen LogP contribution in [0.15, 0.2) is 22.9 Å². The lowest BCUT2D eigenvalue weighted by molar-refractivity contribution is 0.413. The number of rotatable bonds is 2. The van der Waals surface area contributed by atoms with Crippen molar-refractivity contribution in [2.24, 2.45) is 0 Å². The molecule has 0 aliphatic heterocycles. The third kappa shape index (κ3) is 1.60. The molecule has 0 saturated carbocycles. The van der Waals surface area contributed by atoms with Crippen LogP contribution in [-0.4, -0.2) is 12.3 Å². The average molecular weight is 222 g/mol. The summed E-state index contributed by atoms with van der Waals surface area (Å²) in [4.78, 5) is 0. The van der Waals surface area contributed by atoms with E-state index in [2.05, 4.69) is 5.16 Å². The number of benzene rings is 1. The van der Waals surface area contributed by atoms with Gasteiger partial charge in [-0.2, -0.15) is 0 Å². The van der Waals surface area contributed by atoms with Crippen LogP contribution in [0.1, 0.15) is 5.56 Å². The number of nitrogens with zero attached hydrogens (tertiary/aromatic N) is 1. The molecule has 0 aliphatic carbocycles. The second kappa shape index (κ2) is 3.84. The van der Waals surface area contributed by atoms with Crippen LogP contribution in [0.2, 0.25) is 0 Å². The van der Waals surface area contributed by atoms with E-state index in [4.69, 9.17) is 15.0 Å². The zero-order valence-electron chi connectivity index (χ0n) is 8.95. The Morgan fingerprint density at radius 2 is 2.12 bits per heavy atom. The van der Waals surface area contributed by atoms with E-state index < -0.39 is 0 Å². The van der Waals surface area contributed by atoms with Crippen molar-refractivity contribution in [3.05, 3.63) is 29.7 Å². The van der Waals surface area contributed by atoms with Crippen LogP contribution >= 0.6 is 0 Å². The molecule has 5 heteroatoms. The van der Waals surface area contributed by atoms with Gasteiger partial charge in [0.05, 0.1) is 18.9 Å². The van der Waals surface area contributed by atoms with Crippen molar-refractivity contribution in [3.8, 4) is 16.9 Å². The summed E-state index contributed by atoms with van der Waals surface area (Å²) >= 11 is 0. The van der Waals surface area contributed by atoms with Gasteiger partial charge >= 0.3 is 0 Å². The Morgan fingerprint density at radius 1 is 1.38 bits per heavy atom. The van der Waals surface area contributed by atoms with Crippen LogP contribution in [0.25, 0.3) is 11.1 Å². The number of methoxy groups -OCH3 is 1. The number of hydrogen-bond acceptors (Lipinski definition) is 4. The molecule has 16 heavy (non-hydrogen) atoms. The zero-order valence-corrected chi connectivity index (χ0v) is 8.95. The summed E-state index contributed by atoms with van der Waals surface area (Å²) in [6.07, 6.45) is 1.38. The van der Waals surface area contributed by atoms with Crippen LogP contribution in [0.5, 0.6) is 5.75 Å². The Morgan fingerprint density at radius 3 is 2.69 bits per heavy atom. The van der Waals surface area contributed by atoms with E-state index in [0.717, 1.165) is 0 Å². The number of aryl methyl sites for hydroxylation is 1. The van der Waals surface area contributed by atoms with E-state index in [9.17, 15) is 4.39 Å². The largest absolute Gasteiger partial charge is 0.497 e. The topological polar surface area (TPSA) is 61.3 Å². The van der Waals surface area contributed by atoms with Crippen molar-refractivity contribution in [3.63, 3.8) is 0 Å². The summed E-state index contributed by atoms with van der Waals surface area (Å²) in [5.74, 6) is 0.303. The van der Waals surface area contributed by atoms with Gasteiger partial charge in [-0.15, -0.1) is 0 Å². The molecule has 0 spiro atoms. The molecule has 0 amide bonds. The molecule has 0 bridgehead atoms. The van der Waals surface area contributed by atoms with E-state index in [1.807, 2.05) is 0 Å². The number of nitrogens with two attached hydrogens (primary N) is 1. The lowest BCUT2D eigenvalue weighted by atomic mass is 10.0. The molecule has 0 atom stereocenters. The molecule has 0 aliphatic rings. The minimum absolute atomic E-state index is 0.0894. The lowest BCUT2D eigenvalue weighted by Crippen LogP contribution is -1.93. The zero-order chi connectivity index (χ0) is 11.7. The molecule has 0 unspecified atom stereocenters. The Kier molecular flexibility index (Phi) is 2.52. The van der Waals surface area contributed by atoms with Gasteiger partial charge in [0.15, 0.2) is 0 Å². The molecule has 0 saturated heterocycles. The molecule has 2 N–H and O–H groups in total. The maximum Gasteiger partial charge on any atom is 0.230 e. The normalized spacial score (nSPS) is 10.4. The monoisotopic (exact) mass is 222 g/mol. The highest BCUT2D eigenvalue weighted by molar-refractivity contribution is 5.74. The summed E-state index contributed by atoms with van der Waals surface area (Å²) < 4.78 is 23.7. The average Bonchev–Trinajstić information content (AvgIpc) is 2.68. The number of hydrogen-bond donors (Lipinski definition) is 1. The predicted molar refractivity (Wildman–Crippen MR) is 57.6 cm³/mol. The standard InChI is InChI=1S/C11H11FN2O2/c1-6-3-7(15-2)4-8(10(6)12)9-5-14-16-11(9)13/h3-5H,13H2,1-2H3. The number of anilines is 1. The summed E-state index contributed by atoms with van der Waals surface area (Å²) in [6.45, 7) is 1.66. The van der Waals surface area contributed by atoms with Crippen LogP contribution < -0.4 is 10.5 Å². The first kappa shape index (κ1) is 10.5. The smallest absolute Gasteiger partial charge is 0.230 e. The minimum Gasteiger partial charge on any atom is -0.497 e. The van der Waals surface area contributed by atoms with Gasteiger partial charge in [0.25, 0.3) is 0 Å². The summed E-state index contributed by atoms with van der Waals surface area (Å²) in [5, 5.41) is 3.52. The molecule has 1 aromatic heterocycles. The first-order chi connectivity index (χ1) is 7.63. The van der Waals surface area contributed by atoms with E-state index >= 15 is 0 Å². The molecule has 1 heterocycles. The van der Waals surface area contributed by atoms with Crippen molar-refractivity contribution in [1.82, 2.24) is 5.16 Å². The first-order valence-corrected chi connectivity index (χ1v) is 4.68. The quantitative estimate of drug-likeness (QED) is 0.847. The lowest BCUT2D eigenvalue weighted by Gasteiger charge is -2.07. The summed E-state index contributed by atoms with van der Waals surface area (Å²) in [5.41, 5.74) is 6.79. The Balaban J connectivity index is 2.64. The fourth-order valence-corrected chi connectivity index (χ4v) is 1.50. The van der Waals surface area contributed by atoms with Gasteiger partial charge in [0.1, 0.15) is 11.6 Å². The van der Waals surface area contributed by atoms with E-state index in [1.54, 1.807) is 19.1 Å². The molecule has 0 radical (unpaired) electrons. The molecular formula is C11H11FN2O2. The van der Waals surface area contributed by atoms with Crippen molar-refractivity contribution in [2.45, 2.75) is 6.92 Å². The third-order valence-electron chi connectivity index (χ3n) is 2.35. The van der Waals surface area contributed by atoms with Crippen molar-refractivity contribution < 1.29 is 13.7 Å². The first-order valence-electron chi connectivity index (χ1n) is 4.68. The van der Waals surface area contributed by atoms with Gasteiger partial charge in [0.2, 0.25) is 5.88 Å². The van der Waals surface area contributed by atoms with Gasteiger partial charge in [-0.05, 0) is 24.6 Å². The van der Waals surface area contributed by atoms with Crippen molar-refractivity contribution >= 4 is 5.88 Å². The highest BCUT2D eigenvalue weighted by Crippen LogP contribution is 2.32. The molecule has 84 valence electrons. The van der Waals surface area contributed by atoms with Crippen LogP contribution in [0.3, 0.4) is 0 Å². The van der Waals surface area contributed by atoms with Crippen LogP contribution in [0, 0.1) is 12.7 Å². The van der Waals surface area contributed by atoms with Crippen molar-refractivity contribution in [2.75, 3.05) is 12.8 Å². The Hall–Kier alpha value is -2.04. The molecular weight excluding hydrogens is 211 g/mol. The number of ether oxygens (including phenoxy) is 1. The minimum atomic E-state index is -0.351. The Bertz CT molecular complexity index is 523. The van der Waals surface area contributed by atoms with Crippen molar-refractivity contribution in [1.29, 1.82) is 0 Å². The predicted octanol–water partition coefficient (Wildman–Crippen LogP) is 2.38. The number of halogens is 1. The second-order valence-corrected chi connectivity index (χ2v) is 3.41.